The highest BCUT2D eigenvalue weighted by Gasteiger charge is 2.14. The zero-order valence-electron chi connectivity index (χ0n) is 8.80. The lowest BCUT2D eigenvalue weighted by Crippen LogP contribution is -2.02. The minimum atomic E-state index is -1.24. The number of hydrogen-bond donors (Lipinski definition) is 1. The number of rotatable bonds is 3. The van der Waals surface area contributed by atoms with Gasteiger partial charge in [0.25, 0.3) is 0 Å². The molecule has 1 N–H and O–H groups in total. The molecule has 5 nitrogen and oxygen atoms in total. The second-order valence-corrected chi connectivity index (χ2v) is 3.63. The molecule has 1 aromatic carbocycles. The first kappa shape index (κ1) is 12.3. The molecule has 0 saturated heterocycles. The Bertz CT molecular complexity index is 607. The van der Waals surface area contributed by atoms with Gasteiger partial charge in [0.15, 0.2) is 0 Å². The van der Waals surface area contributed by atoms with E-state index in [-0.39, 0.29) is 22.2 Å². The minimum absolute atomic E-state index is 0.0523. The highest BCUT2D eigenvalue weighted by Crippen LogP contribution is 2.25. The fraction of sp³-hybridized carbons (Fsp3) is 0. The summed E-state index contributed by atoms with van der Waals surface area (Å²) in [4.78, 5) is 18.1. The summed E-state index contributed by atoms with van der Waals surface area (Å²) >= 11 is 5.52. The van der Waals surface area contributed by atoms with Crippen molar-refractivity contribution in [2.45, 2.75) is 0 Å². The number of nitrogens with zero attached hydrogens (tertiary/aromatic N) is 2. The van der Waals surface area contributed by atoms with Crippen molar-refractivity contribution >= 4 is 17.6 Å². The normalized spacial score (nSPS) is 10.1. The van der Waals surface area contributed by atoms with Gasteiger partial charge in [-0.05, 0) is 12.1 Å². The van der Waals surface area contributed by atoms with Gasteiger partial charge in [0, 0.05) is 12.3 Å². The topological polar surface area (TPSA) is 72.3 Å². The Morgan fingerprint density at radius 2 is 2.22 bits per heavy atom. The molecule has 2 rings (SSSR count). The van der Waals surface area contributed by atoms with Crippen LogP contribution in [0.25, 0.3) is 0 Å². The van der Waals surface area contributed by atoms with Crippen LogP contribution in [0.15, 0.2) is 30.7 Å². The van der Waals surface area contributed by atoms with Crippen LogP contribution in [0.4, 0.5) is 4.39 Å². The Hall–Kier alpha value is -2.21. The van der Waals surface area contributed by atoms with Crippen molar-refractivity contribution in [1.82, 2.24) is 9.97 Å². The molecule has 0 saturated carbocycles. The lowest BCUT2D eigenvalue weighted by atomic mass is 10.3. The molecule has 7 heteroatoms. The smallest absolute Gasteiger partial charge is 0.342 e. The number of carboxylic acid groups (broad SMARTS) is 1. The van der Waals surface area contributed by atoms with Gasteiger partial charge in [0.05, 0.1) is 5.02 Å². The maximum atomic E-state index is 13.2. The van der Waals surface area contributed by atoms with Gasteiger partial charge in [0.1, 0.15) is 23.5 Å². The van der Waals surface area contributed by atoms with E-state index in [1.54, 1.807) is 0 Å². The zero-order chi connectivity index (χ0) is 13.1. The van der Waals surface area contributed by atoms with Crippen LogP contribution in [0.1, 0.15) is 10.4 Å². The number of aromatic carboxylic acids is 1. The summed E-state index contributed by atoms with van der Waals surface area (Å²) in [5, 5.41) is 8.83. The minimum Gasteiger partial charge on any atom is -0.477 e. The van der Waals surface area contributed by atoms with Crippen molar-refractivity contribution in [1.29, 1.82) is 0 Å². The average Bonchev–Trinajstić information content (AvgIpc) is 2.34. The summed E-state index contributed by atoms with van der Waals surface area (Å²) in [5.74, 6) is -1.97. The van der Waals surface area contributed by atoms with Gasteiger partial charge >= 0.3 is 5.97 Å². The van der Waals surface area contributed by atoms with Crippen LogP contribution in [0.5, 0.6) is 11.6 Å². The SMILES string of the molecule is O=C(O)c1cncnc1Oc1ccc(Cl)c(F)c1. The van der Waals surface area contributed by atoms with Crippen molar-refractivity contribution in [3.05, 3.63) is 47.1 Å². The number of carboxylic acids is 1. The Labute approximate surface area is 106 Å². The van der Waals surface area contributed by atoms with Crippen LogP contribution in [0.3, 0.4) is 0 Å². The van der Waals surface area contributed by atoms with Gasteiger partial charge < -0.3 is 9.84 Å². The second kappa shape index (κ2) is 4.97. The summed E-state index contributed by atoms with van der Waals surface area (Å²) in [7, 11) is 0. The van der Waals surface area contributed by atoms with E-state index in [1.807, 2.05) is 0 Å². The number of carbonyl (C=O) groups is 1. The van der Waals surface area contributed by atoms with E-state index in [0.717, 1.165) is 18.6 Å². The highest BCUT2D eigenvalue weighted by atomic mass is 35.5. The quantitative estimate of drug-likeness (QED) is 0.927. The molecule has 0 aliphatic carbocycles. The van der Waals surface area contributed by atoms with Crippen LogP contribution in [-0.4, -0.2) is 21.0 Å². The standard InChI is InChI=1S/C11H6ClFN2O3/c12-8-2-1-6(3-9(8)13)18-10-7(11(16)17)4-14-5-15-10/h1-5H,(H,16,17). The molecule has 0 bridgehead atoms. The molecule has 2 aromatic rings. The van der Waals surface area contributed by atoms with E-state index in [2.05, 4.69) is 9.97 Å². The first-order chi connectivity index (χ1) is 8.58. The van der Waals surface area contributed by atoms with Crippen molar-refractivity contribution in [3.63, 3.8) is 0 Å². The van der Waals surface area contributed by atoms with Crippen LogP contribution < -0.4 is 4.74 Å². The third kappa shape index (κ3) is 2.54. The van der Waals surface area contributed by atoms with Crippen molar-refractivity contribution in [2.24, 2.45) is 0 Å². The van der Waals surface area contributed by atoms with Gasteiger partial charge in [-0.1, -0.05) is 11.6 Å². The fourth-order valence-corrected chi connectivity index (χ4v) is 1.32. The first-order valence-corrected chi connectivity index (χ1v) is 5.12. The summed E-state index contributed by atoms with van der Waals surface area (Å²) < 4.78 is 18.4. The number of benzene rings is 1. The van der Waals surface area contributed by atoms with Crippen LogP contribution >= 0.6 is 11.6 Å². The Balaban J connectivity index is 2.34. The zero-order valence-corrected chi connectivity index (χ0v) is 9.56. The molecule has 0 aliphatic heterocycles. The average molecular weight is 269 g/mol. The van der Waals surface area contributed by atoms with Gasteiger partial charge in [-0.25, -0.2) is 19.2 Å². The molecular weight excluding hydrogens is 263 g/mol. The molecule has 18 heavy (non-hydrogen) atoms. The van der Waals surface area contributed by atoms with Crippen LogP contribution in [0, 0.1) is 5.82 Å². The molecule has 1 aromatic heterocycles. The lowest BCUT2D eigenvalue weighted by molar-refractivity contribution is 0.0693. The predicted octanol–water partition coefficient (Wildman–Crippen LogP) is 2.76. The molecule has 0 aliphatic rings. The maximum absolute atomic E-state index is 13.2. The molecule has 0 unspecified atom stereocenters. The Morgan fingerprint density at radius 1 is 1.44 bits per heavy atom. The van der Waals surface area contributed by atoms with E-state index in [4.69, 9.17) is 21.4 Å². The monoisotopic (exact) mass is 268 g/mol. The molecule has 0 amide bonds. The first-order valence-electron chi connectivity index (χ1n) is 4.74. The van der Waals surface area contributed by atoms with Gasteiger partial charge in [-0.2, -0.15) is 0 Å². The third-order valence-electron chi connectivity index (χ3n) is 2.01. The molecular formula is C11H6ClFN2O3. The number of aromatic nitrogens is 2. The van der Waals surface area contributed by atoms with Crippen LogP contribution in [-0.2, 0) is 0 Å². The fourth-order valence-electron chi connectivity index (χ4n) is 1.20. The van der Waals surface area contributed by atoms with Gasteiger partial charge in [-0.3, -0.25) is 0 Å². The summed E-state index contributed by atoms with van der Waals surface area (Å²) in [6.07, 6.45) is 2.23. The van der Waals surface area contributed by atoms with E-state index in [0.29, 0.717) is 0 Å². The number of ether oxygens (including phenoxy) is 1. The maximum Gasteiger partial charge on any atom is 0.342 e. The molecule has 92 valence electrons. The molecule has 0 fully saturated rings. The number of hydrogen-bond acceptors (Lipinski definition) is 4. The van der Waals surface area contributed by atoms with E-state index in [1.165, 1.54) is 12.1 Å². The van der Waals surface area contributed by atoms with E-state index < -0.39 is 11.8 Å². The van der Waals surface area contributed by atoms with Crippen molar-refractivity contribution < 1.29 is 19.0 Å². The highest BCUT2D eigenvalue weighted by molar-refractivity contribution is 6.30. The van der Waals surface area contributed by atoms with Gasteiger partial charge in [-0.15, -0.1) is 0 Å². The van der Waals surface area contributed by atoms with Crippen LogP contribution in [0.2, 0.25) is 5.02 Å². The predicted molar refractivity (Wildman–Crippen MR) is 60.5 cm³/mol. The third-order valence-corrected chi connectivity index (χ3v) is 2.32. The Kier molecular flexibility index (Phi) is 3.38. The number of halogens is 2. The lowest BCUT2D eigenvalue weighted by Gasteiger charge is -2.06. The van der Waals surface area contributed by atoms with E-state index in [9.17, 15) is 9.18 Å². The largest absolute Gasteiger partial charge is 0.477 e. The summed E-state index contributed by atoms with van der Waals surface area (Å²) in [5.41, 5.74) is -0.215. The second-order valence-electron chi connectivity index (χ2n) is 3.22. The summed E-state index contributed by atoms with van der Waals surface area (Å²) in [6, 6.07) is 3.74. The summed E-state index contributed by atoms with van der Waals surface area (Å²) in [6.45, 7) is 0. The van der Waals surface area contributed by atoms with Crippen molar-refractivity contribution in [2.75, 3.05) is 0 Å². The molecule has 0 radical (unpaired) electrons. The molecule has 0 spiro atoms. The van der Waals surface area contributed by atoms with E-state index >= 15 is 0 Å². The van der Waals surface area contributed by atoms with Gasteiger partial charge in [0.2, 0.25) is 5.88 Å². The molecule has 0 atom stereocenters. The molecule has 1 heterocycles. The van der Waals surface area contributed by atoms with Crippen molar-refractivity contribution in [3.8, 4) is 11.6 Å². The Morgan fingerprint density at radius 3 is 2.89 bits per heavy atom.